The fourth-order valence-electron chi connectivity index (χ4n) is 1.07. The Hall–Kier alpha value is -1.93. The number of nitriles is 1. The van der Waals surface area contributed by atoms with E-state index in [1.54, 1.807) is 18.2 Å². The van der Waals surface area contributed by atoms with Crippen LogP contribution in [0.4, 0.5) is 4.39 Å². The molecule has 0 aliphatic rings. The molecule has 2 rings (SSSR count). The third kappa shape index (κ3) is 2.35. The van der Waals surface area contributed by atoms with Crippen molar-refractivity contribution in [1.82, 2.24) is 9.97 Å². The maximum atomic E-state index is 13.3. The summed E-state index contributed by atoms with van der Waals surface area (Å²) in [6.07, 6.45) is 2.82. The van der Waals surface area contributed by atoms with Crippen molar-refractivity contribution in [2.24, 2.45) is 0 Å². The van der Waals surface area contributed by atoms with Crippen molar-refractivity contribution in [1.29, 1.82) is 5.26 Å². The zero-order valence-corrected chi connectivity index (χ0v) is 8.91. The Balaban J connectivity index is 2.22. The van der Waals surface area contributed by atoms with Gasteiger partial charge in [-0.25, -0.2) is 14.4 Å². The molecule has 3 nitrogen and oxygen atoms in total. The van der Waals surface area contributed by atoms with Crippen molar-refractivity contribution in [3.63, 3.8) is 0 Å². The van der Waals surface area contributed by atoms with Crippen molar-refractivity contribution in [2.45, 2.75) is 9.92 Å². The molecule has 0 amide bonds. The summed E-state index contributed by atoms with van der Waals surface area (Å²) in [7, 11) is 0. The molecule has 0 saturated carbocycles. The summed E-state index contributed by atoms with van der Waals surface area (Å²) in [5.41, 5.74) is 0.248. The minimum absolute atomic E-state index is 0.248. The molecule has 0 bridgehead atoms. The Bertz CT molecular complexity index is 534. The summed E-state index contributed by atoms with van der Waals surface area (Å²) in [6, 6.07) is 8.31. The third-order valence-corrected chi connectivity index (χ3v) is 2.76. The predicted octanol–water partition coefficient (Wildman–Crippen LogP) is 2.64. The van der Waals surface area contributed by atoms with Crippen LogP contribution in [0.25, 0.3) is 0 Å². The minimum Gasteiger partial charge on any atom is -0.245 e. The molecular weight excluding hydrogens is 225 g/mol. The number of hydrogen-bond acceptors (Lipinski definition) is 4. The van der Waals surface area contributed by atoms with Crippen LogP contribution in [-0.2, 0) is 0 Å². The van der Waals surface area contributed by atoms with E-state index in [1.165, 1.54) is 30.2 Å². The Labute approximate surface area is 96.0 Å². The molecule has 0 saturated heterocycles. The Morgan fingerprint density at radius 3 is 2.62 bits per heavy atom. The Morgan fingerprint density at radius 1 is 1.19 bits per heavy atom. The molecule has 1 aromatic carbocycles. The first-order valence-corrected chi connectivity index (χ1v) is 5.26. The van der Waals surface area contributed by atoms with Crippen LogP contribution in [0.2, 0.25) is 0 Å². The predicted molar refractivity (Wildman–Crippen MR) is 57.3 cm³/mol. The SMILES string of the molecule is N#Cc1cnc(Sc2ccccc2F)cn1. The van der Waals surface area contributed by atoms with E-state index in [2.05, 4.69) is 9.97 Å². The van der Waals surface area contributed by atoms with Crippen molar-refractivity contribution >= 4 is 11.8 Å². The van der Waals surface area contributed by atoms with Crippen molar-refractivity contribution < 1.29 is 4.39 Å². The third-order valence-electron chi connectivity index (χ3n) is 1.79. The number of hydrogen-bond donors (Lipinski definition) is 0. The maximum absolute atomic E-state index is 13.3. The molecule has 0 radical (unpaired) electrons. The van der Waals surface area contributed by atoms with Crippen LogP contribution < -0.4 is 0 Å². The molecule has 0 atom stereocenters. The van der Waals surface area contributed by atoms with Crippen molar-refractivity contribution in [3.8, 4) is 6.07 Å². The largest absolute Gasteiger partial charge is 0.245 e. The lowest BCUT2D eigenvalue weighted by molar-refractivity contribution is 0.602. The second-order valence-electron chi connectivity index (χ2n) is 2.88. The topological polar surface area (TPSA) is 49.6 Å². The molecule has 78 valence electrons. The first-order chi connectivity index (χ1) is 7.79. The zero-order chi connectivity index (χ0) is 11.4. The van der Waals surface area contributed by atoms with Gasteiger partial charge in [-0.15, -0.1) is 0 Å². The Kier molecular flexibility index (Phi) is 3.13. The summed E-state index contributed by atoms with van der Waals surface area (Å²) in [4.78, 5) is 8.34. The lowest BCUT2D eigenvalue weighted by Gasteiger charge is -2.00. The number of benzene rings is 1. The van der Waals surface area contributed by atoms with Crippen LogP contribution in [0.1, 0.15) is 5.69 Å². The summed E-state index contributed by atoms with van der Waals surface area (Å²) < 4.78 is 13.3. The monoisotopic (exact) mass is 231 g/mol. The van der Waals surface area contributed by atoms with E-state index in [0.717, 1.165) is 0 Å². The lowest BCUT2D eigenvalue weighted by Crippen LogP contribution is -1.87. The van der Waals surface area contributed by atoms with Gasteiger partial charge in [-0.05, 0) is 12.1 Å². The van der Waals surface area contributed by atoms with Gasteiger partial charge in [-0.3, -0.25) is 0 Å². The molecule has 5 heteroatoms. The maximum Gasteiger partial charge on any atom is 0.158 e. The van der Waals surface area contributed by atoms with Crippen molar-refractivity contribution in [2.75, 3.05) is 0 Å². The second-order valence-corrected chi connectivity index (χ2v) is 3.95. The van der Waals surface area contributed by atoms with E-state index < -0.39 is 0 Å². The van der Waals surface area contributed by atoms with Gasteiger partial charge >= 0.3 is 0 Å². The molecule has 2 aromatic rings. The molecule has 0 aliphatic heterocycles. The highest BCUT2D eigenvalue weighted by Gasteiger charge is 2.04. The second kappa shape index (κ2) is 4.73. The van der Waals surface area contributed by atoms with E-state index in [4.69, 9.17) is 5.26 Å². The molecule has 1 aromatic heterocycles. The number of rotatable bonds is 2. The van der Waals surface area contributed by atoms with Crippen molar-refractivity contribution in [3.05, 3.63) is 48.2 Å². The fraction of sp³-hybridized carbons (Fsp3) is 0. The van der Waals surface area contributed by atoms with E-state index in [9.17, 15) is 4.39 Å². The molecule has 0 N–H and O–H groups in total. The zero-order valence-electron chi connectivity index (χ0n) is 8.09. The standard InChI is InChI=1S/C11H6FN3S/c12-9-3-1-2-4-10(9)16-11-7-14-8(5-13)6-15-11/h1-4,6-7H. The number of nitrogens with zero attached hydrogens (tertiary/aromatic N) is 3. The van der Waals surface area contributed by atoms with Gasteiger partial charge in [-0.2, -0.15) is 5.26 Å². The Morgan fingerprint density at radius 2 is 2.00 bits per heavy atom. The smallest absolute Gasteiger partial charge is 0.158 e. The van der Waals surface area contributed by atoms with Gasteiger partial charge in [0.05, 0.1) is 12.4 Å². The summed E-state index contributed by atoms with van der Waals surface area (Å²) in [5.74, 6) is -0.293. The van der Waals surface area contributed by atoms with Gasteiger partial charge in [-0.1, -0.05) is 23.9 Å². The number of aromatic nitrogens is 2. The molecule has 16 heavy (non-hydrogen) atoms. The highest BCUT2D eigenvalue weighted by atomic mass is 32.2. The van der Waals surface area contributed by atoms with Gasteiger partial charge in [0.15, 0.2) is 5.69 Å². The first kappa shape index (κ1) is 10.6. The van der Waals surface area contributed by atoms with Crippen LogP contribution in [0.15, 0.2) is 46.6 Å². The summed E-state index contributed by atoms with van der Waals surface area (Å²) >= 11 is 1.18. The van der Waals surface area contributed by atoms with Gasteiger partial charge in [0.2, 0.25) is 0 Å². The van der Waals surface area contributed by atoms with Crippen LogP contribution in [0.3, 0.4) is 0 Å². The van der Waals surface area contributed by atoms with E-state index in [1.807, 2.05) is 6.07 Å². The first-order valence-electron chi connectivity index (χ1n) is 4.44. The average Bonchev–Trinajstić information content (AvgIpc) is 2.33. The molecule has 0 spiro atoms. The lowest BCUT2D eigenvalue weighted by atomic mass is 10.3. The highest BCUT2D eigenvalue weighted by molar-refractivity contribution is 7.99. The van der Waals surface area contributed by atoms with Gasteiger partial charge in [0.1, 0.15) is 16.9 Å². The minimum atomic E-state index is -0.293. The molecule has 0 unspecified atom stereocenters. The quantitative estimate of drug-likeness (QED) is 0.797. The molecule has 1 heterocycles. The molecule has 0 aliphatic carbocycles. The van der Waals surface area contributed by atoms with Gasteiger partial charge < -0.3 is 0 Å². The number of halogens is 1. The van der Waals surface area contributed by atoms with Crippen LogP contribution in [-0.4, -0.2) is 9.97 Å². The van der Waals surface area contributed by atoms with Crippen LogP contribution >= 0.6 is 11.8 Å². The van der Waals surface area contributed by atoms with Gasteiger partial charge in [0, 0.05) is 4.90 Å². The van der Waals surface area contributed by atoms with E-state index >= 15 is 0 Å². The van der Waals surface area contributed by atoms with Crippen LogP contribution in [0.5, 0.6) is 0 Å². The summed E-state index contributed by atoms with van der Waals surface area (Å²) in [6.45, 7) is 0. The van der Waals surface area contributed by atoms with E-state index in [0.29, 0.717) is 9.92 Å². The van der Waals surface area contributed by atoms with E-state index in [-0.39, 0.29) is 11.5 Å². The normalized spacial score (nSPS) is 9.75. The molecule has 0 fully saturated rings. The van der Waals surface area contributed by atoms with Gasteiger partial charge in [0.25, 0.3) is 0 Å². The fourth-order valence-corrected chi connectivity index (χ4v) is 1.82. The van der Waals surface area contributed by atoms with Crippen LogP contribution in [0, 0.1) is 17.1 Å². The average molecular weight is 231 g/mol. The highest BCUT2D eigenvalue weighted by Crippen LogP contribution is 2.27. The molecular formula is C11H6FN3S. The summed E-state index contributed by atoms with van der Waals surface area (Å²) in [5, 5.41) is 9.10.